The second-order valence-electron chi connectivity index (χ2n) is 10.2. The second kappa shape index (κ2) is 9.64. The highest BCUT2D eigenvalue weighted by Crippen LogP contribution is 2.42. The highest BCUT2D eigenvalue weighted by atomic mass is 32.2. The summed E-state index contributed by atoms with van der Waals surface area (Å²) in [6.45, 7) is 6.45. The summed E-state index contributed by atoms with van der Waals surface area (Å²) in [5.74, 6) is -0.442. The van der Waals surface area contributed by atoms with Crippen LogP contribution in [-0.4, -0.2) is 10.5 Å². The van der Waals surface area contributed by atoms with Crippen molar-refractivity contribution in [1.82, 2.24) is 4.72 Å². The molecule has 5 nitrogen and oxygen atoms in total. The van der Waals surface area contributed by atoms with E-state index >= 15 is 0 Å². The smallest absolute Gasteiger partial charge is 0.328 e. The van der Waals surface area contributed by atoms with Gasteiger partial charge in [0, 0.05) is 12.1 Å². The Morgan fingerprint density at radius 1 is 1.11 bits per heavy atom. The van der Waals surface area contributed by atoms with Crippen LogP contribution in [0, 0.1) is 5.82 Å². The zero-order chi connectivity index (χ0) is 25.4. The van der Waals surface area contributed by atoms with Crippen LogP contribution < -0.4 is 9.46 Å². The summed E-state index contributed by atoms with van der Waals surface area (Å²) in [5, 5.41) is 0.233. The van der Waals surface area contributed by atoms with Crippen LogP contribution in [0.4, 0.5) is 4.39 Å². The van der Waals surface area contributed by atoms with Crippen molar-refractivity contribution in [2.75, 3.05) is 0 Å². The van der Waals surface area contributed by atoms with Gasteiger partial charge in [-0.2, -0.15) is 4.72 Å². The number of hydrogen-bond acceptors (Lipinski definition) is 4. The van der Waals surface area contributed by atoms with Gasteiger partial charge in [0.15, 0.2) is 11.5 Å². The van der Waals surface area contributed by atoms with Crippen LogP contribution in [0.1, 0.15) is 66.8 Å². The van der Waals surface area contributed by atoms with E-state index in [-0.39, 0.29) is 16.6 Å². The van der Waals surface area contributed by atoms with Gasteiger partial charge in [0.2, 0.25) is 4.90 Å². The van der Waals surface area contributed by atoms with Gasteiger partial charge in [-0.15, -0.1) is 0 Å². The molecule has 1 amide bonds. The molecular formula is C29H28FNO4S. The Bertz CT molecular complexity index is 1410. The van der Waals surface area contributed by atoms with E-state index in [1.54, 1.807) is 18.2 Å². The molecule has 1 heterocycles. The maximum atomic E-state index is 14.6. The predicted octanol–water partition coefficient (Wildman–Crippen LogP) is 6.78. The number of rotatable bonds is 7. The van der Waals surface area contributed by atoms with E-state index in [4.69, 9.17) is 9.15 Å². The van der Waals surface area contributed by atoms with Crippen molar-refractivity contribution in [1.29, 1.82) is 0 Å². The molecule has 0 aliphatic heterocycles. The first-order valence-electron chi connectivity index (χ1n) is 12.0. The number of fused-ring (bicyclic) bond motifs is 1. The Balaban J connectivity index is 1.39. The second-order valence-corrected chi connectivity index (χ2v) is 11.4. The third kappa shape index (κ3) is 5.27. The standard InChI is InChI=1S/C29H28FNO4S/c1-29(2,3)21-11-12-24(34-17-18-7-5-4-6-8-18)27(15-21)36(33)31-28(32)26-16-22-23(30)13-20(19-9-10-19)14-25(22)35-26/h4-8,11-16,19H,9-10,17H2,1-3H3,(H,31,32). The largest absolute Gasteiger partial charge is 0.588 e. The molecule has 1 fully saturated rings. The maximum absolute atomic E-state index is 14.6. The van der Waals surface area contributed by atoms with E-state index in [0.717, 1.165) is 29.5 Å². The normalized spacial score (nSPS) is 14.6. The van der Waals surface area contributed by atoms with Crippen LogP contribution in [0.5, 0.6) is 5.75 Å². The number of hydrogen-bond donors (Lipinski definition) is 1. The molecule has 1 aromatic heterocycles. The van der Waals surface area contributed by atoms with Gasteiger partial charge in [-0.3, -0.25) is 4.79 Å². The number of nitrogens with one attached hydrogen (secondary N) is 1. The van der Waals surface area contributed by atoms with Gasteiger partial charge in [-0.05, 0) is 59.1 Å². The van der Waals surface area contributed by atoms with Crippen molar-refractivity contribution in [3.05, 3.63) is 95.0 Å². The summed E-state index contributed by atoms with van der Waals surface area (Å²) in [6.07, 6.45) is 2.06. The minimum atomic E-state index is -1.94. The Kier molecular flexibility index (Phi) is 6.53. The molecule has 1 N–H and O–H groups in total. The molecule has 0 radical (unpaired) electrons. The highest BCUT2D eigenvalue weighted by molar-refractivity contribution is 7.90. The third-order valence-electron chi connectivity index (χ3n) is 6.31. The average molecular weight is 506 g/mol. The van der Waals surface area contributed by atoms with E-state index in [0.29, 0.717) is 28.8 Å². The zero-order valence-electron chi connectivity index (χ0n) is 20.5. The lowest BCUT2D eigenvalue weighted by Crippen LogP contribution is -2.31. The van der Waals surface area contributed by atoms with Crippen LogP contribution in [-0.2, 0) is 23.4 Å². The summed E-state index contributed by atoms with van der Waals surface area (Å²) >= 11 is -1.94. The van der Waals surface area contributed by atoms with Crippen LogP contribution in [0.3, 0.4) is 0 Å². The molecule has 36 heavy (non-hydrogen) atoms. The molecule has 5 rings (SSSR count). The summed E-state index contributed by atoms with van der Waals surface area (Å²) in [6, 6.07) is 19.8. The first kappa shape index (κ1) is 24.4. The molecule has 4 aromatic rings. The van der Waals surface area contributed by atoms with E-state index in [2.05, 4.69) is 25.5 Å². The number of carbonyl (C=O) groups is 1. The van der Waals surface area contributed by atoms with Gasteiger partial charge in [-0.25, -0.2) is 4.39 Å². The zero-order valence-corrected chi connectivity index (χ0v) is 21.3. The molecule has 1 unspecified atom stereocenters. The van der Waals surface area contributed by atoms with Crippen LogP contribution in [0.2, 0.25) is 0 Å². The highest BCUT2D eigenvalue weighted by Gasteiger charge is 2.28. The minimum Gasteiger partial charge on any atom is -0.588 e. The molecular weight excluding hydrogens is 477 g/mol. The molecule has 3 aromatic carbocycles. The van der Waals surface area contributed by atoms with Gasteiger partial charge in [0.1, 0.15) is 29.4 Å². The van der Waals surface area contributed by atoms with Crippen molar-refractivity contribution >= 4 is 28.2 Å². The molecule has 1 aliphatic rings. The topological polar surface area (TPSA) is 74.5 Å². The SMILES string of the molecule is CC(C)(C)c1ccc(OCc2ccccc2)c([S+]([O-])NC(=O)c2cc3c(F)cc(C4CC4)cc3o2)c1. The van der Waals surface area contributed by atoms with Crippen LogP contribution in [0.25, 0.3) is 11.0 Å². The third-order valence-corrected chi connectivity index (χ3v) is 7.40. The quantitative estimate of drug-likeness (QED) is 0.281. The number of ether oxygens (including phenoxy) is 1. The molecule has 0 bridgehead atoms. The molecule has 0 saturated heterocycles. The Hall–Kier alpha value is -3.29. The fourth-order valence-electron chi connectivity index (χ4n) is 4.04. The first-order chi connectivity index (χ1) is 17.2. The summed E-state index contributed by atoms with van der Waals surface area (Å²) in [4.78, 5) is 13.3. The fourth-order valence-corrected chi connectivity index (χ4v) is 4.97. The molecule has 1 atom stereocenters. The van der Waals surface area contributed by atoms with Crippen LogP contribution >= 0.6 is 0 Å². The molecule has 7 heteroatoms. The van der Waals surface area contributed by atoms with Gasteiger partial charge in [0.05, 0.1) is 5.39 Å². The minimum absolute atomic E-state index is 0.0936. The maximum Gasteiger partial charge on any atom is 0.328 e. The van der Waals surface area contributed by atoms with Crippen LogP contribution in [0.15, 0.2) is 76.0 Å². The molecule has 186 valence electrons. The lowest BCUT2D eigenvalue weighted by Gasteiger charge is -2.21. The van der Waals surface area contributed by atoms with E-state index in [1.807, 2.05) is 36.4 Å². The van der Waals surface area contributed by atoms with Gasteiger partial charge in [0.25, 0.3) is 0 Å². The number of halogens is 1. The van der Waals surface area contributed by atoms with Gasteiger partial charge < -0.3 is 13.7 Å². The lowest BCUT2D eigenvalue weighted by atomic mass is 9.87. The van der Waals surface area contributed by atoms with Crippen molar-refractivity contribution < 1.29 is 22.9 Å². The van der Waals surface area contributed by atoms with E-state index in [9.17, 15) is 13.7 Å². The van der Waals surface area contributed by atoms with E-state index in [1.165, 1.54) is 12.1 Å². The average Bonchev–Trinajstić information content (AvgIpc) is 3.61. The lowest BCUT2D eigenvalue weighted by molar-refractivity contribution is 0.0956. The number of carbonyl (C=O) groups excluding carboxylic acids is 1. The number of amides is 1. The molecule has 0 spiro atoms. The summed E-state index contributed by atoms with van der Waals surface area (Å²) < 4.78 is 42.1. The van der Waals surface area contributed by atoms with Crippen molar-refractivity contribution in [2.45, 2.75) is 56.4 Å². The first-order valence-corrected chi connectivity index (χ1v) is 13.1. The van der Waals surface area contributed by atoms with E-state index < -0.39 is 23.1 Å². The summed E-state index contributed by atoms with van der Waals surface area (Å²) in [7, 11) is 0. The van der Waals surface area contributed by atoms with Crippen molar-refractivity contribution in [2.24, 2.45) is 0 Å². The summed E-state index contributed by atoms with van der Waals surface area (Å²) in [5.41, 5.74) is 2.91. The Morgan fingerprint density at radius 3 is 2.56 bits per heavy atom. The molecule has 1 saturated carbocycles. The fraction of sp³-hybridized carbons (Fsp3) is 0.276. The Labute approximate surface area is 213 Å². The monoisotopic (exact) mass is 505 g/mol. The Morgan fingerprint density at radius 2 is 1.86 bits per heavy atom. The number of benzene rings is 3. The van der Waals surface area contributed by atoms with Gasteiger partial charge >= 0.3 is 5.91 Å². The number of furan rings is 1. The van der Waals surface area contributed by atoms with Crippen molar-refractivity contribution in [3.8, 4) is 5.75 Å². The predicted molar refractivity (Wildman–Crippen MR) is 138 cm³/mol. The van der Waals surface area contributed by atoms with Crippen molar-refractivity contribution in [3.63, 3.8) is 0 Å². The van der Waals surface area contributed by atoms with Gasteiger partial charge in [-0.1, -0.05) is 57.2 Å². The molecule has 1 aliphatic carbocycles.